The number of cyclic esters (lactones) is 1. The second-order valence-corrected chi connectivity index (χ2v) is 23.0. The average molecular weight is 1110 g/mol. The van der Waals surface area contributed by atoms with Crippen LogP contribution in [-0.2, 0) is 60.6 Å². The van der Waals surface area contributed by atoms with Gasteiger partial charge in [0.2, 0.25) is 5.79 Å². The van der Waals surface area contributed by atoms with Crippen molar-refractivity contribution in [1.29, 1.82) is 0 Å². The molecular weight excluding hydrogens is 1020 g/mol. The van der Waals surface area contributed by atoms with Crippen molar-refractivity contribution in [2.24, 2.45) is 35.5 Å². The minimum atomic E-state index is -2.48. The molecule has 440 valence electrons. The van der Waals surface area contributed by atoms with E-state index in [0.717, 1.165) is 11.1 Å². The molecule has 0 spiro atoms. The molecule has 2 unspecified atom stereocenters. The average Bonchev–Trinajstić information content (AvgIpc) is 4.01. The van der Waals surface area contributed by atoms with Gasteiger partial charge >= 0.3 is 12.1 Å². The molecule has 2 saturated heterocycles. The Bertz CT molecular complexity index is 2480. The summed E-state index contributed by atoms with van der Waals surface area (Å²) < 4.78 is 32.4. The normalized spacial score (nSPS) is 33.9. The standard InChI is InChI=1S/C61H88N6O13/c1-39-17-11-9-12-18-40(2)54(77-30-26-46-19-13-10-14-20-46)35-48-24-22-45(7)61(75,80-48)57(71)58(72)67-28-16-15-21-49(67)59(73)78-55(37-52(70)43(5)32-42(4)51(69)36-50(68)41(3)31-39)44(6)33-47-23-25-53(56(34-47)76-8)79-60(74)62-27-29-66-38-63-64-65-66/h9-14,17-20,32,38-39,41,43-45,47-49,51,53-56,69,75H,15-16,21-31,33-37H2,1-8H3,(H,62,74)/b12-9+,17-11+,40-18+,42-32+/t39-,41-,43-,44-,45-,47+,48+,49?,51+,53-,54?,55+,56-,61-/m1/s1. The lowest BCUT2D eigenvalue weighted by molar-refractivity contribution is -0.266. The van der Waals surface area contributed by atoms with Gasteiger partial charge in [-0.05, 0) is 129 Å². The largest absolute Gasteiger partial charge is 0.460 e. The first-order valence-electron chi connectivity index (χ1n) is 29.0. The maximum absolute atomic E-state index is 14.7. The van der Waals surface area contributed by atoms with E-state index in [1.165, 1.54) is 15.9 Å². The summed E-state index contributed by atoms with van der Waals surface area (Å²) in [5.74, 6) is -7.93. The number of aromatic nitrogens is 4. The summed E-state index contributed by atoms with van der Waals surface area (Å²) in [6.07, 6.45) is 13.6. The predicted octanol–water partition coefficient (Wildman–Crippen LogP) is 7.59. The number of hydrogen-bond acceptors (Lipinski definition) is 16. The highest BCUT2D eigenvalue weighted by molar-refractivity contribution is 6.39. The van der Waals surface area contributed by atoms with Gasteiger partial charge in [-0.1, -0.05) is 101 Å². The Morgan fingerprint density at radius 1 is 0.900 bits per heavy atom. The van der Waals surface area contributed by atoms with Crippen LogP contribution < -0.4 is 5.32 Å². The number of nitrogens with zero attached hydrogens (tertiary/aromatic N) is 5. The molecule has 1 saturated carbocycles. The molecule has 3 aliphatic heterocycles. The minimum Gasteiger partial charge on any atom is -0.460 e. The van der Waals surface area contributed by atoms with E-state index in [0.29, 0.717) is 89.4 Å². The van der Waals surface area contributed by atoms with Gasteiger partial charge in [0.15, 0.2) is 0 Å². The maximum Gasteiger partial charge on any atom is 0.407 e. The Morgan fingerprint density at radius 3 is 2.41 bits per heavy atom. The van der Waals surface area contributed by atoms with Crippen molar-refractivity contribution in [3.05, 3.63) is 89.8 Å². The summed E-state index contributed by atoms with van der Waals surface area (Å²) in [5.41, 5.74) is 2.47. The summed E-state index contributed by atoms with van der Waals surface area (Å²) in [6, 6.07) is 8.80. The molecule has 4 heterocycles. The minimum absolute atomic E-state index is 0.0232. The summed E-state index contributed by atoms with van der Waals surface area (Å²) in [5, 5.41) is 37.2. The Kier molecular flexibility index (Phi) is 24.5. The molecule has 1 aliphatic carbocycles. The Labute approximate surface area is 472 Å². The van der Waals surface area contributed by atoms with E-state index in [4.69, 9.17) is 23.7 Å². The molecular formula is C61H88N6O13. The van der Waals surface area contributed by atoms with E-state index in [-0.39, 0.29) is 61.7 Å². The number of aliphatic hydroxyl groups excluding tert-OH is 1. The predicted molar refractivity (Wildman–Crippen MR) is 298 cm³/mol. The first-order valence-corrected chi connectivity index (χ1v) is 29.0. The number of ketones is 3. The van der Waals surface area contributed by atoms with E-state index < -0.39 is 90.0 Å². The van der Waals surface area contributed by atoms with Crippen molar-refractivity contribution in [2.75, 3.05) is 26.8 Å². The number of ether oxygens (including phenoxy) is 5. The molecule has 0 radical (unpaired) electrons. The number of piperidine rings is 1. The van der Waals surface area contributed by atoms with Gasteiger partial charge in [0.05, 0.1) is 37.6 Å². The lowest BCUT2D eigenvalue weighted by atomic mass is 9.78. The number of nitrogens with one attached hydrogen (secondary N) is 1. The summed E-state index contributed by atoms with van der Waals surface area (Å²) in [7, 11) is 1.56. The van der Waals surface area contributed by atoms with Gasteiger partial charge in [0.25, 0.3) is 11.7 Å². The highest BCUT2D eigenvalue weighted by Gasteiger charge is 2.53. The number of esters is 1. The molecule has 3 N–H and O–H groups in total. The molecule has 2 amide bonds. The van der Waals surface area contributed by atoms with Crippen LogP contribution in [-0.4, -0.2) is 146 Å². The molecule has 1 aromatic carbocycles. The van der Waals surface area contributed by atoms with Crippen molar-refractivity contribution < 1.29 is 62.7 Å². The Hall–Kier alpha value is -5.73. The number of carbonyl (C=O) groups excluding carboxylic acids is 6. The number of aliphatic hydroxyl groups is 2. The SMILES string of the molecule is CO[C@@H]1C[C@H](C[C@@H](C)[C@@H]2CC(=O)[C@H](C)/C=C(\C)[C@@H](O)CC(=O)[C@H](C)C[C@H](C)/C=C/C=C/C=C(\C)C(OCCc3ccccc3)C[C@@H]3CC[C@@H](C)[C@@](O)(O3)C(=O)C(=O)N3CCCCC3C(=O)O2)CC[C@H]1OC(=O)NCCn1cnnn1. The van der Waals surface area contributed by atoms with Crippen molar-refractivity contribution >= 4 is 35.3 Å². The summed E-state index contributed by atoms with van der Waals surface area (Å²) in [4.78, 5) is 85.5. The number of alkyl carbamates (subject to hydrolysis) is 1. The first-order chi connectivity index (χ1) is 38.3. The molecule has 3 fully saturated rings. The van der Waals surface area contributed by atoms with Crippen LogP contribution in [0.15, 0.2) is 84.3 Å². The molecule has 4 aliphatic rings. The van der Waals surface area contributed by atoms with Crippen LogP contribution in [0.4, 0.5) is 4.79 Å². The maximum atomic E-state index is 14.7. The molecule has 2 bridgehead atoms. The van der Waals surface area contributed by atoms with Gasteiger partial charge < -0.3 is 44.1 Å². The van der Waals surface area contributed by atoms with Crippen LogP contribution in [0.2, 0.25) is 0 Å². The van der Waals surface area contributed by atoms with Crippen molar-refractivity contribution in [3.8, 4) is 0 Å². The zero-order valence-electron chi connectivity index (χ0n) is 48.3. The first kappa shape index (κ1) is 63.5. The second-order valence-electron chi connectivity index (χ2n) is 23.0. The van der Waals surface area contributed by atoms with Crippen molar-refractivity contribution in [1.82, 2.24) is 30.4 Å². The van der Waals surface area contributed by atoms with Gasteiger partial charge in [-0.2, -0.15) is 0 Å². The van der Waals surface area contributed by atoms with Gasteiger partial charge in [-0.3, -0.25) is 19.2 Å². The molecule has 19 nitrogen and oxygen atoms in total. The number of rotatable bonds is 12. The Balaban J connectivity index is 1.24. The number of hydrogen-bond donors (Lipinski definition) is 3. The third-order valence-electron chi connectivity index (χ3n) is 16.7. The van der Waals surface area contributed by atoms with E-state index in [1.807, 2.05) is 88.4 Å². The van der Waals surface area contributed by atoms with Gasteiger partial charge in [-0.25, -0.2) is 14.3 Å². The molecule has 80 heavy (non-hydrogen) atoms. The third-order valence-corrected chi connectivity index (χ3v) is 16.7. The number of Topliss-reactive ketones (excluding diaryl/α,β-unsaturated/α-hetero) is 3. The molecule has 6 rings (SSSR count). The zero-order chi connectivity index (χ0) is 57.9. The number of benzene rings is 1. The fourth-order valence-corrected chi connectivity index (χ4v) is 11.5. The molecule has 19 heteroatoms. The summed E-state index contributed by atoms with van der Waals surface area (Å²) >= 11 is 0. The van der Waals surface area contributed by atoms with Gasteiger partial charge in [0, 0.05) is 57.2 Å². The van der Waals surface area contributed by atoms with Gasteiger partial charge in [0.1, 0.15) is 36.1 Å². The fraction of sp³-hybridized carbons (Fsp3) is 0.656. The Morgan fingerprint density at radius 2 is 1.68 bits per heavy atom. The van der Waals surface area contributed by atoms with Gasteiger partial charge in [-0.15, -0.1) is 5.10 Å². The van der Waals surface area contributed by atoms with Crippen LogP contribution in [0.3, 0.4) is 0 Å². The monoisotopic (exact) mass is 1110 g/mol. The number of methoxy groups -OCH3 is 1. The number of tetrazole rings is 1. The van der Waals surface area contributed by atoms with Crippen LogP contribution in [0.5, 0.6) is 0 Å². The van der Waals surface area contributed by atoms with Crippen molar-refractivity contribution in [3.63, 3.8) is 0 Å². The highest BCUT2D eigenvalue weighted by Crippen LogP contribution is 2.38. The smallest absolute Gasteiger partial charge is 0.407 e. The summed E-state index contributed by atoms with van der Waals surface area (Å²) in [6.45, 7) is 13.9. The van der Waals surface area contributed by atoms with E-state index in [9.17, 15) is 39.0 Å². The van der Waals surface area contributed by atoms with E-state index in [2.05, 4.69) is 20.8 Å². The molecule has 2 aromatic rings. The fourth-order valence-electron chi connectivity index (χ4n) is 11.5. The third kappa shape index (κ3) is 18.4. The van der Waals surface area contributed by atoms with E-state index in [1.54, 1.807) is 34.0 Å². The number of fused-ring (bicyclic) bond motifs is 3. The second kappa shape index (κ2) is 30.9. The topological polar surface area (TPSA) is 248 Å². The molecule has 14 atom stereocenters. The molecule has 1 aromatic heterocycles. The number of carbonyl (C=O) groups is 6. The van der Waals surface area contributed by atoms with Crippen LogP contribution >= 0.6 is 0 Å². The van der Waals surface area contributed by atoms with Crippen LogP contribution in [0.25, 0.3) is 0 Å². The lowest BCUT2D eigenvalue weighted by Gasteiger charge is -2.43. The number of amides is 2. The van der Waals surface area contributed by atoms with Crippen LogP contribution in [0.1, 0.15) is 138 Å². The quantitative estimate of drug-likeness (QED) is 0.105. The zero-order valence-corrected chi connectivity index (χ0v) is 48.3. The van der Waals surface area contributed by atoms with Crippen molar-refractivity contribution in [2.45, 2.75) is 193 Å². The highest BCUT2D eigenvalue weighted by atomic mass is 16.6. The van der Waals surface area contributed by atoms with Crippen LogP contribution in [0, 0.1) is 35.5 Å². The lowest BCUT2D eigenvalue weighted by Crippen LogP contribution is -2.61. The van der Waals surface area contributed by atoms with E-state index >= 15 is 0 Å². The number of allylic oxidation sites excluding steroid dienone is 6.